The van der Waals surface area contributed by atoms with Crippen molar-refractivity contribution in [3.05, 3.63) is 66.1 Å². The van der Waals surface area contributed by atoms with Crippen LogP contribution >= 0.6 is 11.6 Å². The Morgan fingerprint density at radius 2 is 1.88 bits per heavy atom. The number of carbonyl (C=O) groups is 1. The maximum Gasteiger partial charge on any atom is 0.167 e. The number of benzene rings is 1. The van der Waals surface area contributed by atoms with Crippen LogP contribution in [-0.2, 0) is 6.42 Å². The zero-order chi connectivity index (χ0) is 17.2. The molecule has 4 nitrogen and oxygen atoms in total. The van der Waals surface area contributed by atoms with E-state index in [2.05, 4.69) is 15.3 Å². The molecule has 0 saturated carbocycles. The van der Waals surface area contributed by atoms with Crippen molar-refractivity contribution in [2.24, 2.45) is 5.92 Å². The highest BCUT2D eigenvalue weighted by Crippen LogP contribution is 2.39. The van der Waals surface area contributed by atoms with Crippen molar-refractivity contribution < 1.29 is 4.79 Å². The highest BCUT2D eigenvalue weighted by molar-refractivity contribution is 6.18. The van der Waals surface area contributed by atoms with Gasteiger partial charge in [-0.1, -0.05) is 18.2 Å². The van der Waals surface area contributed by atoms with E-state index in [1.54, 1.807) is 12.4 Å². The molecule has 126 valence electrons. The normalized spacial score (nSPS) is 16.5. The quantitative estimate of drug-likeness (QED) is 0.663. The smallest absolute Gasteiger partial charge is 0.167 e. The molecule has 1 aromatic carbocycles. The number of pyridine rings is 1. The Hall–Kier alpha value is -2.59. The van der Waals surface area contributed by atoms with Gasteiger partial charge in [-0.05, 0) is 36.6 Å². The second-order valence-corrected chi connectivity index (χ2v) is 6.62. The van der Waals surface area contributed by atoms with Crippen molar-refractivity contribution in [1.82, 2.24) is 9.97 Å². The minimum absolute atomic E-state index is 0.141. The zero-order valence-corrected chi connectivity index (χ0v) is 14.4. The van der Waals surface area contributed by atoms with E-state index in [4.69, 9.17) is 11.6 Å². The number of aromatic amines is 1. The third-order valence-corrected chi connectivity index (χ3v) is 4.99. The number of para-hydroxylation sites is 1. The number of alkyl halides is 1. The van der Waals surface area contributed by atoms with Crippen LogP contribution in [0, 0.1) is 5.92 Å². The van der Waals surface area contributed by atoms with Gasteiger partial charge in [-0.25, -0.2) is 0 Å². The summed E-state index contributed by atoms with van der Waals surface area (Å²) in [5, 5.41) is 3.44. The first-order valence-corrected chi connectivity index (χ1v) is 8.86. The number of nitrogens with zero attached hydrogens (tertiary/aromatic N) is 1. The number of nitrogens with one attached hydrogen (secondary N) is 2. The number of H-pyrrole nitrogens is 1. The Balaban J connectivity index is 1.85. The van der Waals surface area contributed by atoms with Crippen LogP contribution in [0.25, 0.3) is 11.3 Å². The lowest BCUT2D eigenvalue weighted by Crippen LogP contribution is -2.21. The Kier molecular flexibility index (Phi) is 4.28. The largest absolute Gasteiger partial charge is 0.356 e. The van der Waals surface area contributed by atoms with Gasteiger partial charge in [0.15, 0.2) is 5.78 Å². The summed E-state index contributed by atoms with van der Waals surface area (Å²) in [6.07, 6.45) is 4.79. The van der Waals surface area contributed by atoms with Crippen molar-refractivity contribution in [2.45, 2.75) is 12.8 Å². The van der Waals surface area contributed by atoms with Crippen LogP contribution in [0.1, 0.15) is 22.5 Å². The molecule has 1 aliphatic carbocycles. The number of hydrogen-bond acceptors (Lipinski definition) is 3. The van der Waals surface area contributed by atoms with Gasteiger partial charge in [0.1, 0.15) is 0 Å². The SMILES string of the molecule is O=C1CC(CCl)Cc2[nH]c(-c3ccncc3)c(Nc3ccccc3)c21. The van der Waals surface area contributed by atoms with Crippen LogP contribution in [0.3, 0.4) is 0 Å². The van der Waals surface area contributed by atoms with Gasteiger partial charge in [-0.2, -0.15) is 0 Å². The first-order valence-electron chi connectivity index (χ1n) is 8.32. The zero-order valence-electron chi connectivity index (χ0n) is 13.6. The third-order valence-electron chi connectivity index (χ3n) is 4.55. The molecule has 1 atom stereocenters. The molecule has 1 unspecified atom stereocenters. The average Bonchev–Trinajstić information content (AvgIpc) is 3.02. The van der Waals surface area contributed by atoms with Crippen molar-refractivity contribution in [1.29, 1.82) is 0 Å². The number of anilines is 2. The number of ketones is 1. The Morgan fingerprint density at radius 3 is 2.60 bits per heavy atom. The summed E-state index contributed by atoms with van der Waals surface area (Å²) < 4.78 is 0. The molecule has 0 bridgehead atoms. The minimum Gasteiger partial charge on any atom is -0.356 e. The van der Waals surface area contributed by atoms with E-state index in [-0.39, 0.29) is 11.7 Å². The van der Waals surface area contributed by atoms with Gasteiger partial charge in [0.2, 0.25) is 0 Å². The molecule has 2 heterocycles. The summed E-state index contributed by atoms with van der Waals surface area (Å²) >= 11 is 6.02. The van der Waals surface area contributed by atoms with E-state index in [9.17, 15) is 4.79 Å². The topological polar surface area (TPSA) is 57.8 Å². The Labute approximate surface area is 151 Å². The maximum absolute atomic E-state index is 12.8. The molecule has 25 heavy (non-hydrogen) atoms. The van der Waals surface area contributed by atoms with Crippen LogP contribution in [-0.4, -0.2) is 21.6 Å². The first kappa shape index (κ1) is 15.9. The average molecular weight is 352 g/mol. The standard InChI is InChI=1S/C20H18ClN3O/c21-12-13-10-16-18(17(25)11-13)20(23-15-4-2-1-3-5-15)19(24-16)14-6-8-22-9-7-14/h1-9,13,23-24H,10-12H2. The molecular formula is C20H18ClN3O. The van der Waals surface area contributed by atoms with Crippen LogP contribution < -0.4 is 5.32 Å². The fourth-order valence-electron chi connectivity index (χ4n) is 3.37. The number of hydrogen-bond donors (Lipinski definition) is 2. The van der Waals surface area contributed by atoms with E-state index in [0.717, 1.165) is 40.3 Å². The molecule has 3 aromatic rings. The van der Waals surface area contributed by atoms with E-state index in [1.165, 1.54) is 0 Å². The predicted molar refractivity (Wildman–Crippen MR) is 101 cm³/mol. The van der Waals surface area contributed by atoms with E-state index in [1.807, 2.05) is 42.5 Å². The Bertz CT molecular complexity index is 890. The molecule has 0 spiro atoms. The molecule has 4 rings (SSSR count). The van der Waals surface area contributed by atoms with Crippen molar-refractivity contribution in [2.75, 3.05) is 11.2 Å². The number of carbonyl (C=O) groups excluding carboxylic acids is 1. The maximum atomic E-state index is 12.8. The van der Waals surface area contributed by atoms with E-state index in [0.29, 0.717) is 12.3 Å². The molecule has 2 aromatic heterocycles. The molecule has 0 amide bonds. The van der Waals surface area contributed by atoms with Crippen LogP contribution in [0.2, 0.25) is 0 Å². The second-order valence-electron chi connectivity index (χ2n) is 6.31. The molecule has 0 aliphatic heterocycles. The molecule has 0 fully saturated rings. The Morgan fingerprint density at radius 1 is 1.12 bits per heavy atom. The van der Waals surface area contributed by atoms with Gasteiger partial charge in [0, 0.05) is 41.6 Å². The van der Waals surface area contributed by atoms with Gasteiger partial charge >= 0.3 is 0 Å². The predicted octanol–water partition coefficient (Wildman–Crippen LogP) is 4.80. The van der Waals surface area contributed by atoms with E-state index < -0.39 is 0 Å². The number of halogens is 1. The molecule has 0 saturated heterocycles. The fraction of sp³-hybridized carbons (Fsp3) is 0.200. The number of aromatic nitrogens is 2. The minimum atomic E-state index is 0.141. The summed E-state index contributed by atoms with van der Waals surface area (Å²) in [5.41, 5.74) is 5.43. The van der Waals surface area contributed by atoms with Crippen molar-refractivity contribution in [3.63, 3.8) is 0 Å². The summed E-state index contributed by atoms with van der Waals surface area (Å²) in [7, 11) is 0. The van der Waals surface area contributed by atoms with Crippen molar-refractivity contribution >= 4 is 28.8 Å². The van der Waals surface area contributed by atoms with Gasteiger partial charge in [0.05, 0.1) is 16.9 Å². The monoisotopic (exact) mass is 351 g/mol. The number of fused-ring (bicyclic) bond motifs is 1. The van der Waals surface area contributed by atoms with Crippen LogP contribution in [0.5, 0.6) is 0 Å². The number of Topliss-reactive ketones (excluding diaryl/α,β-unsaturated/α-hetero) is 1. The molecule has 0 radical (unpaired) electrons. The molecule has 2 N–H and O–H groups in total. The molecular weight excluding hydrogens is 334 g/mol. The van der Waals surface area contributed by atoms with Crippen LogP contribution in [0.4, 0.5) is 11.4 Å². The van der Waals surface area contributed by atoms with Crippen molar-refractivity contribution in [3.8, 4) is 11.3 Å². The second kappa shape index (κ2) is 6.73. The molecule has 1 aliphatic rings. The lowest BCUT2D eigenvalue weighted by molar-refractivity contribution is 0.0954. The highest BCUT2D eigenvalue weighted by Gasteiger charge is 2.31. The lowest BCUT2D eigenvalue weighted by Gasteiger charge is -2.20. The number of rotatable bonds is 4. The highest BCUT2D eigenvalue weighted by atomic mass is 35.5. The van der Waals surface area contributed by atoms with Gasteiger partial charge in [0.25, 0.3) is 0 Å². The summed E-state index contributed by atoms with van der Waals surface area (Å²) in [6, 6.07) is 13.8. The van der Waals surface area contributed by atoms with Crippen LogP contribution in [0.15, 0.2) is 54.9 Å². The van der Waals surface area contributed by atoms with Gasteiger partial charge in [-0.3, -0.25) is 9.78 Å². The summed E-state index contributed by atoms with van der Waals surface area (Å²) in [6.45, 7) is 0. The van der Waals surface area contributed by atoms with Gasteiger partial charge in [-0.15, -0.1) is 11.6 Å². The fourth-order valence-corrected chi connectivity index (χ4v) is 3.59. The first-order chi connectivity index (χ1) is 12.3. The summed E-state index contributed by atoms with van der Waals surface area (Å²) in [5.74, 6) is 0.827. The van der Waals surface area contributed by atoms with Gasteiger partial charge < -0.3 is 10.3 Å². The lowest BCUT2D eigenvalue weighted by atomic mass is 9.87. The van der Waals surface area contributed by atoms with E-state index >= 15 is 0 Å². The molecule has 5 heteroatoms. The summed E-state index contributed by atoms with van der Waals surface area (Å²) in [4.78, 5) is 20.3. The third kappa shape index (κ3) is 3.05.